The molecule has 0 fully saturated rings. The molecule has 0 aliphatic rings. The molecule has 0 spiro atoms. The van der Waals surface area contributed by atoms with Crippen molar-refractivity contribution >= 4 is 11.7 Å². The maximum atomic E-state index is 12.1. The molecule has 0 saturated heterocycles. The second kappa shape index (κ2) is 8.14. The quantitative estimate of drug-likeness (QED) is 0.722. The first-order valence-electron chi connectivity index (χ1n) is 7.08. The number of aromatic nitrogens is 2. The molecule has 2 aromatic rings. The molecular formula is C15H20N4O3. The molecule has 2 rings (SSSR count). The van der Waals surface area contributed by atoms with Crippen LogP contribution in [-0.2, 0) is 11.3 Å². The van der Waals surface area contributed by atoms with Gasteiger partial charge in [0.05, 0.1) is 12.8 Å². The Morgan fingerprint density at radius 3 is 3.00 bits per heavy atom. The van der Waals surface area contributed by atoms with E-state index in [-0.39, 0.29) is 5.91 Å². The Morgan fingerprint density at radius 1 is 1.41 bits per heavy atom. The van der Waals surface area contributed by atoms with E-state index in [4.69, 9.17) is 9.15 Å². The van der Waals surface area contributed by atoms with Crippen LogP contribution in [0.3, 0.4) is 0 Å². The van der Waals surface area contributed by atoms with E-state index in [1.54, 1.807) is 26.4 Å². The van der Waals surface area contributed by atoms with Gasteiger partial charge >= 0.3 is 0 Å². The summed E-state index contributed by atoms with van der Waals surface area (Å²) in [5, 5.41) is 5.92. The fourth-order valence-electron chi connectivity index (χ4n) is 1.87. The third-order valence-corrected chi connectivity index (χ3v) is 2.91. The lowest BCUT2D eigenvalue weighted by atomic mass is 10.3. The number of carbonyl (C=O) groups excluding carboxylic acids is 1. The number of rotatable bonds is 8. The Balaban J connectivity index is 1.95. The van der Waals surface area contributed by atoms with E-state index in [0.717, 1.165) is 12.2 Å². The number of ether oxygens (including phenoxy) is 1. The molecule has 0 aliphatic heterocycles. The number of carbonyl (C=O) groups is 1. The van der Waals surface area contributed by atoms with Crippen molar-refractivity contribution in [3.63, 3.8) is 0 Å². The zero-order valence-electron chi connectivity index (χ0n) is 12.8. The average molecular weight is 304 g/mol. The van der Waals surface area contributed by atoms with Gasteiger partial charge in [-0.2, -0.15) is 0 Å². The molecule has 0 radical (unpaired) electrons. The molecule has 0 unspecified atom stereocenters. The summed E-state index contributed by atoms with van der Waals surface area (Å²) >= 11 is 0. The van der Waals surface area contributed by atoms with Gasteiger partial charge in [-0.25, -0.2) is 9.97 Å². The van der Waals surface area contributed by atoms with Crippen molar-refractivity contribution in [2.45, 2.75) is 19.9 Å². The summed E-state index contributed by atoms with van der Waals surface area (Å²) in [7, 11) is 1.63. The highest BCUT2D eigenvalue weighted by Crippen LogP contribution is 2.09. The number of hydrogen-bond acceptors (Lipinski definition) is 6. The predicted octanol–water partition coefficient (Wildman–Crippen LogP) is 1.76. The number of hydrogen-bond donors (Lipinski definition) is 2. The predicted molar refractivity (Wildman–Crippen MR) is 81.6 cm³/mol. The first kappa shape index (κ1) is 16.0. The molecule has 0 atom stereocenters. The van der Waals surface area contributed by atoms with Crippen molar-refractivity contribution in [2.75, 3.05) is 25.6 Å². The van der Waals surface area contributed by atoms with Crippen LogP contribution >= 0.6 is 0 Å². The summed E-state index contributed by atoms with van der Waals surface area (Å²) in [6.45, 7) is 3.40. The SMILES string of the molecule is COCCCNC(=O)c1cc(NCc2ccco2)nc(C)n1. The second-order valence-corrected chi connectivity index (χ2v) is 4.72. The van der Waals surface area contributed by atoms with Gasteiger partial charge in [0, 0.05) is 26.3 Å². The van der Waals surface area contributed by atoms with Gasteiger partial charge in [0.25, 0.3) is 5.91 Å². The lowest BCUT2D eigenvalue weighted by Gasteiger charge is -2.08. The zero-order chi connectivity index (χ0) is 15.8. The summed E-state index contributed by atoms with van der Waals surface area (Å²) in [4.78, 5) is 20.5. The first-order chi connectivity index (χ1) is 10.7. The van der Waals surface area contributed by atoms with Crippen molar-refractivity contribution in [1.82, 2.24) is 15.3 Å². The summed E-state index contributed by atoms with van der Waals surface area (Å²) in [6.07, 6.45) is 2.37. The van der Waals surface area contributed by atoms with Gasteiger partial charge in [-0.3, -0.25) is 4.79 Å². The van der Waals surface area contributed by atoms with Gasteiger partial charge in [-0.05, 0) is 25.5 Å². The Kier molecular flexibility index (Phi) is 5.91. The normalized spacial score (nSPS) is 10.5. The Bertz CT molecular complexity index is 599. The summed E-state index contributed by atoms with van der Waals surface area (Å²) in [6, 6.07) is 5.31. The molecule has 0 aliphatic carbocycles. The molecule has 7 nitrogen and oxygen atoms in total. The van der Waals surface area contributed by atoms with Crippen molar-refractivity contribution in [3.8, 4) is 0 Å². The number of nitrogens with one attached hydrogen (secondary N) is 2. The lowest BCUT2D eigenvalue weighted by Crippen LogP contribution is -2.26. The highest BCUT2D eigenvalue weighted by Gasteiger charge is 2.10. The minimum Gasteiger partial charge on any atom is -0.467 e. The third kappa shape index (κ3) is 4.85. The Labute approximate surface area is 129 Å². The van der Waals surface area contributed by atoms with Crippen molar-refractivity contribution in [1.29, 1.82) is 0 Å². The molecule has 1 amide bonds. The fourth-order valence-corrected chi connectivity index (χ4v) is 1.87. The van der Waals surface area contributed by atoms with Crippen LogP contribution in [0.25, 0.3) is 0 Å². The Hall–Kier alpha value is -2.41. The summed E-state index contributed by atoms with van der Waals surface area (Å²) < 4.78 is 10.2. The molecule has 118 valence electrons. The van der Waals surface area contributed by atoms with E-state index in [2.05, 4.69) is 20.6 Å². The fraction of sp³-hybridized carbons (Fsp3) is 0.400. The topological polar surface area (TPSA) is 89.3 Å². The molecule has 0 bridgehead atoms. The largest absolute Gasteiger partial charge is 0.467 e. The van der Waals surface area contributed by atoms with Crippen LogP contribution in [0.15, 0.2) is 28.9 Å². The van der Waals surface area contributed by atoms with Crippen LogP contribution in [0.1, 0.15) is 28.5 Å². The number of aryl methyl sites for hydroxylation is 1. The van der Waals surface area contributed by atoms with Crippen LogP contribution in [0.4, 0.5) is 5.82 Å². The van der Waals surface area contributed by atoms with E-state index >= 15 is 0 Å². The van der Waals surface area contributed by atoms with E-state index in [1.165, 1.54) is 0 Å². The van der Waals surface area contributed by atoms with Gasteiger partial charge in [0.1, 0.15) is 23.1 Å². The molecule has 0 aromatic carbocycles. The van der Waals surface area contributed by atoms with Crippen LogP contribution in [0.5, 0.6) is 0 Å². The molecule has 0 saturated carbocycles. The smallest absolute Gasteiger partial charge is 0.270 e. The summed E-state index contributed by atoms with van der Waals surface area (Å²) in [5.41, 5.74) is 0.340. The van der Waals surface area contributed by atoms with E-state index in [1.807, 2.05) is 12.1 Å². The number of methoxy groups -OCH3 is 1. The average Bonchev–Trinajstić information content (AvgIpc) is 3.02. The number of furan rings is 1. The van der Waals surface area contributed by atoms with Gasteiger partial charge in [0.2, 0.25) is 0 Å². The van der Waals surface area contributed by atoms with E-state index < -0.39 is 0 Å². The van der Waals surface area contributed by atoms with Crippen molar-refractivity contribution < 1.29 is 13.9 Å². The standard InChI is InChI=1S/C15H20N4O3/c1-11-18-13(15(20)16-6-4-7-21-2)9-14(19-11)17-10-12-5-3-8-22-12/h3,5,8-9H,4,6-7,10H2,1-2H3,(H,16,20)(H,17,18,19). The van der Waals surface area contributed by atoms with E-state index in [0.29, 0.717) is 37.0 Å². The maximum Gasteiger partial charge on any atom is 0.270 e. The van der Waals surface area contributed by atoms with Crippen LogP contribution in [-0.4, -0.2) is 36.1 Å². The van der Waals surface area contributed by atoms with Crippen LogP contribution in [0, 0.1) is 6.92 Å². The zero-order valence-corrected chi connectivity index (χ0v) is 12.8. The molecule has 2 aromatic heterocycles. The number of amides is 1. The van der Waals surface area contributed by atoms with Crippen LogP contribution < -0.4 is 10.6 Å². The van der Waals surface area contributed by atoms with Crippen molar-refractivity contribution in [3.05, 3.63) is 41.7 Å². The second-order valence-electron chi connectivity index (χ2n) is 4.72. The van der Waals surface area contributed by atoms with Crippen molar-refractivity contribution in [2.24, 2.45) is 0 Å². The van der Waals surface area contributed by atoms with E-state index in [9.17, 15) is 4.79 Å². The highest BCUT2D eigenvalue weighted by molar-refractivity contribution is 5.92. The maximum absolute atomic E-state index is 12.1. The lowest BCUT2D eigenvalue weighted by molar-refractivity contribution is 0.0943. The minimum absolute atomic E-state index is 0.220. The van der Waals surface area contributed by atoms with Gasteiger partial charge in [-0.15, -0.1) is 0 Å². The molecule has 2 N–H and O–H groups in total. The minimum atomic E-state index is -0.220. The van der Waals surface area contributed by atoms with Crippen LogP contribution in [0.2, 0.25) is 0 Å². The van der Waals surface area contributed by atoms with Gasteiger partial charge in [-0.1, -0.05) is 0 Å². The molecule has 2 heterocycles. The Morgan fingerprint density at radius 2 is 2.27 bits per heavy atom. The highest BCUT2D eigenvalue weighted by atomic mass is 16.5. The molecular weight excluding hydrogens is 284 g/mol. The monoisotopic (exact) mass is 304 g/mol. The summed E-state index contributed by atoms with van der Waals surface area (Å²) in [5.74, 6) is 1.70. The van der Waals surface area contributed by atoms with Gasteiger partial charge in [0.15, 0.2) is 0 Å². The first-order valence-corrected chi connectivity index (χ1v) is 7.08. The third-order valence-electron chi connectivity index (χ3n) is 2.91. The van der Waals surface area contributed by atoms with Gasteiger partial charge < -0.3 is 19.8 Å². The number of anilines is 1. The molecule has 22 heavy (non-hydrogen) atoms. The number of nitrogens with zero attached hydrogens (tertiary/aromatic N) is 2. The molecule has 7 heteroatoms.